The van der Waals surface area contributed by atoms with Crippen molar-refractivity contribution in [2.75, 3.05) is 18.9 Å². The van der Waals surface area contributed by atoms with E-state index in [4.69, 9.17) is 0 Å². The summed E-state index contributed by atoms with van der Waals surface area (Å²) >= 11 is 0. The van der Waals surface area contributed by atoms with E-state index in [0.29, 0.717) is 18.7 Å². The third-order valence-corrected chi connectivity index (χ3v) is 3.53. The predicted octanol–water partition coefficient (Wildman–Crippen LogP) is 1.95. The number of carbonyl (C=O) groups excluding carboxylic acids is 2. The van der Waals surface area contributed by atoms with Crippen LogP contribution >= 0.6 is 0 Å². The summed E-state index contributed by atoms with van der Waals surface area (Å²) in [5.41, 5.74) is 0.655. The molecule has 1 aromatic carbocycles. The maximum absolute atomic E-state index is 11.8. The summed E-state index contributed by atoms with van der Waals surface area (Å²) < 4.78 is 0. The summed E-state index contributed by atoms with van der Waals surface area (Å²) in [4.78, 5) is 24.7. The van der Waals surface area contributed by atoms with E-state index in [9.17, 15) is 14.7 Å². The summed E-state index contributed by atoms with van der Waals surface area (Å²) in [6, 6.07) is 6.93. The van der Waals surface area contributed by atoms with Crippen LogP contribution in [0.25, 0.3) is 0 Å². The Balaban J connectivity index is 2.59. The highest BCUT2D eigenvalue weighted by Crippen LogP contribution is 2.12. The third kappa shape index (κ3) is 6.13. The van der Waals surface area contributed by atoms with Crippen LogP contribution in [0.3, 0.4) is 0 Å². The smallest absolute Gasteiger partial charge is 0.319 e. The molecule has 1 rings (SSSR count). The van der Waals surface area contributed by atoms with Crippen LogP contribution in [0.1, 0.15) is 32.8 Å². The summed E-state index contributed by atoms with van der Waals surface area (Å²) in [7, 11) is 1.72. The molecule has 0 radical (unpaired) electrons. The summed E-state index contributed by atoms with van der Waals surface area (Å²) in [5, 5.41) is 15.2. The molecule has 3 N–H and O–H groups in total. The lowest BCUT2D eigenvalue weighted by Crippen LogP contribution is -2.41. The normalized spacial score (nSPS) is 13.1. The average molecular weight is 307 g/mol. The van der Waals surface area contributed by atoms with Crippen LogP contribution in [0.2, 0.25) is 0 Å². The van der Waals surface area contributed by atoms with E-state index >= 15 is 0 Å². The molecular weight excluding hydrogens is 282 g/mol. The van der Waals surface area contributed by atoms with Gasteiger partial charge in [-0.25, -0.2) is 4.79 Å². The van der Waals surface area contributed by atoms with Crippen molar-refractivity contribution in [1.82, 2.24) is 10.2 Å². The number of hydrogen-bond acceptors (Lipinski definition) is 3. The molecule has 0 aromatic heterocycles. The molecule has 3 amide bonds. The molecule has 0 saturated heterocycles. The van der Waals surface area contributed by atoms with Crippen LogP contribution in [0, 0.1) is 0 Å². The van der Waals surface area contributed by atoms with Crippen LogP contribution in [0.5, 0.6) is 0 Å². The van der Waals surface area contributed by atoms with Crippen LogP contribution in [-0.2, 0) is 11.3 Å². The molecule has 1 atom stereocenters. The SMILES string of the molecule is CC[C@@](C)(O)CNC(=O)Nc1cccc(CN(C)C(C)=O)c1. The van der Waals surface area contributed by atoms with Gasteiger partial charge in [-0.1, -0.05) is 19.1 Å². The van der Waals surface area contributed by atoms with Crippen LogP contribution in [0.4, 0.5) is 10.5 Å². The van der Waals surface area contributed by atoms with Gasteiger partial charge in [0.25, 0.3) is 0 Å². The zero-order valence-electron chi connectivity index (χ0n) is 13.6. The molecular formula is C16H25N3O3. The van der Waals surface area contributed by atoms with Crippen molar-refractivity contribution in [3.05, 3.63) is 29.8 Å². The van der Waals surface area contributed by atoms with Gasteiger partial charge in [-0.3, -0.25) is 4.79 Å². The van der Waals surface area contributed by atoms with Gasteiger partial charge in [-0.05, 0) is 31.0 Å². The van der Waals surface area contributed by atoms with Crippen molar-refractivity contribution in [3.8, 4) is 0 Å². The van der Waals surface area contributed by atoms with E-state index in [-0.39, 0.29) is 18.5 Å². The molecule has 0 aliphatic heterocycles. The monoisotopic (exact) mass is 307 g/mol. The Bertz CT molecular complexity index is 529. The van der Waals surface area contributed by atoms with Crippen molar-refractivity contribution in [1.29, 1.82) is 0 Å². The van der Waals surface area contributed by atoms with Gasteiger partial charge < -0.3 is 20.6 Å². The van der Waals surface area contributed by atoms with E-state index in [2.05, 4.69) is 10.6 Å². The van der Waals surface area contributed by atoms with Gasteiger partial charge in [0.15, 0.2) is 0 Å². The topological polar surface area (TPSA) is 81.7 Å². The lowest BCUT2D eigenvalue weighted by atomic mass is 10.0. The van der Waals surface area contributed by atoms with E-state index < -0.39 is 5.60 Å². The minimum Gasteiger partial charge on any atom is -0.388 e. The third-order valence-electron chi connectivity index (χ3n) is 3.53. The Labute approximate surface area is 131 Å². The molecule has 0 spiro atoms. The molecule has 0 aliphatic carbocycles. The highest BCUT2D eigenvalue weighted by atomic mass is 16.3. The van der Waals surface area contributed by atoms with Gasteiger partial charge in [0.1, 0.15) is 0 Å². The van der Waals surface area contributed by atoms with Gasteiger partial charge in [-0.2, -0.15) is 0 Å². The van der Waals surface area contributed by atoms with Crippen LogP contribution < -0.4 is 10.6 Å². The Morgan fingerprint density at radius 2 is 2.05 bits per heavy atom. The lowest BCUT2D eigenvalue weighted by Gasteiger charge is -2.21. The fourth-order valence-electron chi connectivity index (χ4n) is 1.70. The van der Waals surface area contributed by atoms with E-state index in [1.165, 1.54) is 6.92 Å². The first kappa shape index (κ1) is 18.0. The molecule has 22 heavy (non-hydrogen) atoms. The minimum atomic E-state index is -0.913. The second-order valence-electron chi connectivity index (χ2n) is 5.73. The molecule has 0 saturated carbocycles. The highest BCUT2D eigenvalue weighted by Gasteiger charge is 2.18. The summed E-state index contributed by atoms with van der Waals surface area (Å²) in [6.45, 7) is 5.70. The predicted molar refractivity (Wildman–Crippen MR) is 86.5 cm³/mol. The zero-order chi connectivity index (χ0) is 16.8. The fourth-order valence-corrected chi connectivity index (χ4v) is 1.70. The maximum atomic E-state index is 11.8. The number of anilines is 1. The van der Waals surface area contributed by atoms with Gasteiger partial charge in [0.05, 0.1) is 5.60 Å². The first-order valence-electron chi connectivity index (χ1n) is 7.31. The molecule has 0 bridgehead atoms. The number of hydrogen-bond donors (Lipinski definition) is 3. The van der Waals surface area contributed by atoms with Crippen molar-refractivity contribution in [3.63, 3.8) is 0 Å². The fraction of sp³-hybridized carbons (Fsp3) is 0.500. The number of nitrogens with zero attached hydrogens (tertiary/aromatic N) is 1. The first-order chi connectivity index (χ1) is 10.2. The van der Waals surface area contributed by atoms with Crippen molar-refractivity contribution in [2.24, 2.45) is 0 Å². The minimum absolute atomic E-state index is 0.0158. The summed E-state index contributed by atoms with van der Waals surface area (Å²) in [5.74, 6) is -0.0158. The molecule has 1 aromatic rings. The molecule has 0 heterocycles. The lowest BCUT2D eigenvalue weighted by molar-refractivity contribution is -0.128. The maximum Gasteiger partial charge on any atom is 0.319 e. The molecule has 0 fully saturated rings. The Morgan fingerprint density at radius 1 is 1.36 bits per heavy atom. The van der Waals surface area contributed by atoms with E-state index in [0.717, 1.165) is 5.56 Å². The van der Waals surface area contributed by atoms with Gasteiger partial charge >= 0.3 is 6.03 Å². The highest BCUT2D eigenvalue weighted by molar-refractivity contribution is 5.89. The Hall–Kier alpha value is -2.08. The largest absolute Gasteiger partial charge is 0.388 e. The number of benzene rings is 1. The van der Waals surface area contributed by atoms with Gasteiger partial charge in [0, 0.05) is 32.7 Å². The number of nitrogens with one attached hydrogen (secondary N) is 2. The zero-order valence-corrected chi connectivity index (χ0v) is 13.6. The van der Waals surface area contributed by atoms with Crippen molar-refractivity contribution >= 4 is 17.6 Å². The van der Waals surface area contributed by atoms with E-state index in [1.54, 1.807) is 24.9 Å². The standard InChI is InChI=1S/C16H25N3O3/c1-5-16(3,22)11-17-15(21)18-14-8-6-7-13(9-14)10-19(4)12(2)20/h6-9,22H,5,10-11H2,1-4H3,(H2,17,18,21)/t16-/m1/s1. The second kappa shape index (κ2) is 7.79. The first-order valence-corrected chi connectivity index (χ1v) is 7.31. The average Bonchev–Trinajstić information content (AvgIpc) is 2.45. The quantitative estimate of drug-likeness (QED) is 0.751. The number of rotatable bonds is 6. The molecule has 0 aliphatic rings. The number of aliphatic hydroxyl groups is 1. The van der Waals surface area contributed by atoms with Crippen LogP contribution in [0.15, 0.2) is 24.3 Å². The molecule has 122 valence electrons. The van der Waals surface area contributed by atoms with E-state index in [1.807, 2.05) is 25.1 Å². The summed E-state index contributed by atoms with van der Waals surface area (Å²) in [6.07, 6.45) is 0.556. The number of amides is 3. The molecule has 0 unspecified atom stereocenters. The second-order valence-corrected chi connectivity index (χ2v) is 5.73. The van der Waals surface area contributed by atoms with Crippen molar-refractivity contribution < 1.29 is 14.7 Å². The molecule has 6 heteroatoms. The molecule has 6 nitrogen and oxygen atoms in total. The van der Waals surface area contributed by atoms with Crippen molar-refractivity contribution in [2.45, 2.75) is 39.3 Å². The number of urea groups is 1. The Morgan fingerprint density at radius 3 is 2.64 bits per heavy atom. The number of carbonyl (C=O) groups is 2. The van der Waals surface area contributed by atoms with Gasteiger partial charge in [-0.15, -0.1) is 0 Å². The Kier molecular flexibility index (Phi) is 6.37. The van der Waals surface area contributed by atoms with Crippen LogP contribution in [-0.4, -0.2) is 41.1 Å². The van der Waals surface area contributed by atoms with Gasteiger partial charge in [0.2, 0.25) is 5.91 Å².